The van der Waals surface area contributed by atoms with E-state index in [0.29, 0.717) is 12.5 Å². The second kappa shape index (κ2) is 5.27. The monoisotopic (exact) mass is 236 g/mol. The van der Waals surface area contributed by atoms with E-state index in [9.17, 15) is 9.18 Å². The van der Waals surface area contributed by atoms with Gasteiger partial charge in [0.1, 0.15) is 5.82 Å². The van der Waals surface area contributed by atoms with E-state index in [1.165, 1.54) is 12.1 Å². The SMILES string of the molecule is CN(C(=O)Cc1ccc(F)cc1)C1CCNC1. The Morgan fingerprint density at radius 2 is 2.18 bits per heavy atom. The Labute approximate surface area is 101 Å². The lowest BCUT2D eigenvalue weighted by Crippen LogP contribution is -2.39. The molecule has 0 bridgehead atoms. The summed E-state index contributed by atoms with van der Waals surface area (Å²) in [5.74, 6) is -0.181. The molecular weight excluding hydrogens is 219 g/mol. The second-order valence-electron chi connectivity index (χ2n) is 4.45. The van der Waals surface area contributed by atoms with Crippen LogP contribution in [-0.2, 0) is 11.2 Å². The third kappa shape index (κ3) is 3.03. The zero-order chi connectivity index (χ0) is 12.3. The first-order valence-electron chi connectivity index (χ1n) is 5.87. The van der Waals surface area contributed by atoms with Crippen LogP contribution in [0.15, 0.2) is 24.3 Å². The van der Waals surface area contributed by atoms with Crippen molar-refractivity contribution in [3.8, 4) is 0 Å². The van der Waals surface area contributed by atoms with E-state index in [4.69, 9.17) is 0 Å². The number of carbonyl (C=O) groups is 1. The fourth-order valence-corrected chi connectivity index (χ4v) is 2.08. The highest BCUT2D eigenvalue weighted by atomic mass is 19.1. The van der Waals surface area contributed by atoms with Gasteiger partial charge >= 0.3 is 0 Å². The average molecular weight is 236 g/mol. The van der Waals surface area contributed by atoms with Crippen LogP contribution in [0.25, 0.3) is 0 Å². The van der Waals surface area contributed by atoms with Crippen LogP contribution >= 0.6 is 0 Å². The summed E-state index contributed by atoms with van der Waals surface area (Å²) < 4.78 is 12.7. The molecule has 0 spiro atoms. The fourth-order valence-electron chi connectivity index (χ4n) is 2.08. The maximum atomic E-state index is 12.7. The quantitative estimate of drug-likeness (QED) is 0.855. The molecule has 0 saturated carbocycles. The lowest BCUT2D eigenvalue weighted by atomic mass is 10.1. The van der Waals surface area contributed by atoms with Gasteiger partial charge in [-0.15, -0.1) is 0 Å². The van der Waals surface area contributed by atoms with E-state index < -0.39 is 0 Å². The van der Waals surface area contributed by atoms with Gasteiger partial charge in [0, 0.05) is 19.6 Å². The van der Waals surface area contributed by atoms with Crippen LogP contribution in [0.2, 0.25) is 0 Å². The van der Waals surface area contributed by atoms with Crippen molar-refractivity contribution >= 4 is 5.91 Å². The summed E-state index contributed by atoms with van der Waals surface area (Å²) in [7, 11) is 1.84. The number of hydrogen-bond acceptors (Lipinski definition) is 2. The number of rotatable bonds is 3. The van der Waals surface area contributed by atoms with Gasteiger partial charge in [-0.2, -0.15) is 0 Å². The highest BCUT2D eigenvalue weighted by Gasteiger charge is 2.22. The largest absolute Gasteiger partial charge is 0.341 e. The summed E-state index contributed by atoms with van der Waals surface area (Å²) in [5, 5.41) is 3.24. The van der Waals surface area contributed by atoms with Crippen molar-refractivity contribution in [1.82, 2.24) is 10.2 Å². The lowest BCUT2D eigenvalue weighted by molar-refractivity contribution is -0.130. The van der Waals surface area contributed by atoms with Gasteiger partial charge in [-0.3, -0.25) is 4.79 Å². The lowest BCUT2D eigenvalue weighted by Gasteiger charge is -2.23. The Bertz CT molecular complexity index is 385. The van der Waals surface area contributed by atoms with Gasteiger partial charge < -0.3 is 10.2 Å². The van der Waals surface area contributed by atoms with Crippen molar-refractivity contribution in [2.45, 2.75) is 18.9 Å². The van der Waals surface area contributed by atoms with Crippen molar-refractivity contribution in [1.29, 1.82) is 0 Å². The maximum absolute atomic E-state index is 12.7. The van der Waals surface area contributed by atoms with Gasteiger partial charge in [-0.25, -0.2) is 4.39 Å². The van der Waals surface area contributed by atoms with Gasteiger partial charge in [0.15, 0.2) is 0 Å². The minimum Gasteiger partial charge on any atom is -0.341 e. The molecule has 1 aliphatic heterocycles. The Hall–Kier alpha value is -1.42. The number of likely N-dealkylation sites (N-methyl/N-ethyl adjacent to an activating group) is 1. The molecule has 2 rings (SSSR count). The molecule has 1 aliphatic rings. The van der Waals surface area contributed by atoms with Crippen LogP contribution in [0, 0.1) is 5.82 Å². The number of nitrogens with one attached hydrogen (secondary N) is 1. The molecule has 1 unspecified atom stereocenters. The Kier molecular flexibility index (Phi) is 3.74. The first kappa shape index (κ1) is 12.0. The van der Waals surface area contributed by atoms with Gasteiger partial charge in [0.2, 0.25) is 5.91 Å². The van der Waals surface area contributed by atoms with Crippen LogP contribution in [0.3, 0.4) is 0 Å². The van der Waals surface area contributed by atoms with Gasteiger partial charge in [-0.05, 0) is 30.7 Å². The third-order valence-electron chi connectivity index (χ3n) is 3.24. The molecule has 0 radical (unpaired) electrons. The summed E-state index contributed by atoms with van der Waals surface area (Å²) >= 11 is 0. The van der Waals surface area contributed by atoms with Crippen LogP contribution in [-0.4, -0.2) is 37.0 Å². The number of carbonyl (C=O) groups excluding carboxylic acids is 1. The Morgan fingerprint density at radius 1 is 1.47 bits per heavy atom. The molecule has 17 heavy (non-hydrogen) atoms. The molecule has 0 aromatic heterocycles. The van der Waals surface area contributed by atoms with E-state index in [2.05, 4.69) is 5.32 Å². The first-order valence-corrected chi connectivity index (χ1v) is 5.87. The number of nitrogens with zero attached hydrogens (tertiary/aromatic N) is 1. The summed E-state index contributed by atoms with van der Waals surface area (Å²) in [6, 6.07) is 6.39. The molecule has 1 fully saturated rings. The summed E-state index contributed by atoms with van der Waals surface area (Å²) in [6.07, 6.45) is 1.35. The molecule has 4 heteroatoms. The highest BCUT2D eigenvalue weighted by molar-refractivity contribution is 5.78. The zero-order valence-corrected chi connectivity index (χ0v) is 9.95. The zero-order valence-electron chi connectivity index (χ0n) is 9.95. The van der Waals surface area contributed by atoms with E-state index >= 15 is 0 Å². The predicted molar refractivity (Wildman–Crippen MR) is 64.1 cm³/mol. The maximum Gasteiger partial charge on any atom is 0.227 e. The molecule has 3 nitrogen and oxygen atoms in total. The van der Waals surface area contributed by atoms with Crippen molar-refractivity contribution in [2.75, 3.05) is 20.1 Å². The molecule has 1 atom stereocenters. The van der Waals surface area contributed by atoms with E-state index in [1.807, 2.05) is 7.05 Å². The minimum absolute atomic E-state index is 0.0882. The summed E-state index contributed by atoms with van der Waals surface area (Å²) in [6.45, 7) is 1.84. The third-order valence-corrected chi connectivity index (χ3v) is 3.24. The molecular formula is C13H17FN2O. The van der Waals surface area contributed by atoms with E-state index in [-0.39, 0.29) is 11.7 Å². The predicted octanol–water partition coefficient (Wildman–Crippen LogP) is 1.19. The topological polar surface area (TPSA) is 32.3 Å². The number of benzene rings is 1. The number of halogens is 1. The van der Waals surface area contributed by atoms with E-state index in [0.717, 1.165) is 25.1 Å². The fraction of sp³-hybridized carbons (Fsp3) is 0.462. The molecule has 1 aromatic rings. The minimum atomic E-state index is -0.269. The van der Waals surface area contributed by atoms with Crippen LogP contribution in [0.4, 0.5) is 4.39 Å². The molecule has 1 heterocycles. The highest BCUT2D eigenvalue weighted by Crippen LogP contribution is 2.10. The van der Waals surface area contributed by atoms with Crippen molar-refractivity contribution < 1.29 is 9.18 Å². The molecule has 1 N–H and O–H groups in total. The van der Waals surface area contributed by atoms with Gasteiger partial charge in [-0.1, -0.05) is 12.1 Å². The molecule has 1 aromatic carbocycles. The summed E-state index contributed by atoms with van der Waals surface area (Å²) in [4.78, 5) is 13.8. The van der Waals surface area contributed by atoms with Gasteiger partial charge in [0.25, 0.3) is 0 Å². The van der Waals surface area contributed by atoms with Crippen LogP contribution < -0.4 is 5.32 Å². The number of amides is 1. The van der Waals surface area contributed by atoms with Gasteiger partial charge in [0.05, 0.1) is 6.42 Å². The number of hydrogen-bond donors (Lipinski definition) is 1. The summed E-state index contributed by atoms with van der Waals surface area (Å²) in [5.41, 5.74) is 0.856. The average Bonchev–Trinajstić information content (AvgIpc) is 2.84. The smallest absolute Gasteiger partial charge is 0.227 e. The van der Waals surface area contributed by atoms with Crippen LogP contribution in [0.5, 0.6) is 0 Å². The first-order chi connectivity index (χ1) is 8.16. The van der Waals surface area contributed by atoms with Crippen LogP contribution in [0.1, 0.15) is 12.0 Å². The van der Waals surface area contributed by atoms with Crippen molar-refractivity contribution in [3.63, 3.8) is 0 Å². The molecule has 92 valence electrons. The molecule has 1 amide bonds. The second-order valence-corrected chi connectivity index (χ2v) is 4.45. The normalized spacial score (nSPS) is 19.3. The Balaban J connectivity index is 1.93. The standard InChI is InChI=1S/C13H17FN2O/c1-16(12-6-7-15-9-12)13(17)8-10-2-4-11(14)5-3-10/h2-5,12,15H,6-9H2,1H3. The molecule has 0 aliphatic carbocycles. The van der Waals surface area contributed by atoms with Crippen molar-refractivity contribution in [3.05, 3.63) is 35.6 Å². The van der Waals surface area contributed by atoms with Crippen molar-refractivity contribution in [2.24, 2.45) is 0 Å². The van der Waals surface area contributed by atoms with E-state index in [1.54, 1.807) is 17.0 Å². The Morgan fingerprint density at radius 3 is 2.76 bits per heavy atom. The molecule has 1 saturated heterocycles.